The zero-order valence-electron chi connectivity index (χ0n) is 24.0. The molecule has 39 heavy (non-hydrogen) atoms. The van der Waals surface area contributed by atoms with E-state index in [1.807, 2.05) is 0 Å². The molecule has 0 aromatic heterocycles. The standard InChI is InChI=1S/C32H46N2O5/c1-4-5-6-7-8-9-10-11-12-13-14-15-16-17-31(35)34-33-25-26-18-21-28(22-19-26)39-32(36)27-20-23-29(37-2)30(24-27)38-3/h18-25H,4-17H2,1-3H3,(H,34,35)/b33-25+. The van der Waals surface area contributed by atoms with Crippen LogP contribution in [0.4, 0.5) is 0 Å². The van der Waals surface area contributed by atoms with Crippen LogP contribution in [0, 0.1) is 0 Å². The fraction of sp³-hybridized carbons (Fsp3) is 0.531. The Morgan fingerprint density at radius 2 is 1.31 bits per heavy atom. The molecule has 214 valence electrons. The molecule has 7 heteroatoms. The molecule has 2 aromatic rings. The van der Waals surface area contributed by atoms with Gasteiger partial charge in [0.25, 0.3) is 0 Å². The molecular formula is C32H46N2O5. The average Bonchev–Trinajstić information content (AvgIpc) is 2.96. The first kappa shape index (κ1) is 31.9. The first-order valence-corrected chi connectivity index (χ1v) is 14.4. The number of benzene rings is 2. The number of nitrogens with zero attached hydrogens (tertiary/aromatic N) is 1. The van der Waals surface area contributed by atoms with Crippen LogP contribution in [0.3, 0.4) is 0 Å². The Labute approximate surface area is 234 Å². The summed E-state index contributed by atoms with van der Waals surface area (Å²) in [6, 6.07) is 11.7. The number of carbonyl (C=O) groups is 2. The lowest BCUT2D eigenvalue weighted by atomic mass is 10.0. The minimum atomic E-state index is -0.502. The summed E-state index contributed by atoms with van der Waals surface area (Å²) in [7, 11) is 3.04. The van der Waals surface area contributed by atoms with Crippen molar-refractivity contribution in [3.63, 3.8) is 0 Å². The first-order chi connectivity index (χ1) is 19.1. The summed E-state index contributed by atoms with van der Waals surface area (Å²) in [5.41, 5.74) is 3.72. The van der Waals surface area contributed by atoms with E-state index in [9.17, 15) is 9.59 Å². The van der Waals surface area contributed by atoms with Crippen LogP contribution in [0.2, 0.25) is 0 Å². The Kier molecular flexibility index (Phi) is 16.1. The number of rotatable bonds is 20. The molecule has 0 saturated heterocycles. The number of hydrogen-bond donors (Lipinski definition) is 1. The van der Waals surface area contributed by atoms with E-state index in [1.54, 1.807) is 48.7 Å². The molecule has 0 atom stereocenters. The Bertz CT molecular complexity index is 1000. The Morgan fingerprint density at radius 1 is 0.744 bits per heavy atom. The van der Waals surface area contributed by atoms with Crippen LogP contribution in [-0.2, 0) is 4.79 Å². The predicted molar refractivity (Wildman–Crippen MR) is 157 cm³/mol. The zero-order chi connectivity index (χ0) is 28.1. The van der Waals surface area contributed by atoms with Crippen molar-refractivity contribution in [1.29, 1.82) is 0 Å². The molecule has 0 heterocycles. The molecule has 0 unspecified atom stereocenters. The monoisotopic (exact) mass is 538 g/mol. The van der Waals surface area contributed by atoms with Gasteiger partial charge in [-0.05, 0) is 54.4 Å². The van der Waals surface area contributed by atoms with Crippen molar-refractivity contribution in [3.05, 3.63) is 53.6 Å². The molecule has 0 saturated carbocycles. The molecule has 0 aliphatic heterocycles. The number of esters is 1. The summed E-state index contributed by atoms with van der Waals surface area (Å²) >= 11 is 0. The van der Waals surface area contributed by atoms with E-state index in [-0.39, 0.29) is 5.91 Å². The van der Waals surface area contributed by atoms with E-state index in [1.165, 1.54) is 84.8 Å². The van der Waals surface area contributed by atoms with Crippen LogP contribution in [0.5, 0.6) is 17.2 Å². The van der Waals surface area contributed by atoms with Gasteiger partial charge < -0.3 is 14.2 Å². The fourth-order valence-corrected chi connectivity index (χ4v) is 4.29. The SMILES string of the molecule is CCCCCCCCCCCCCCCC(=O)N/N=C/c1ccc(OC(=O)c2ccc(OC)c(OC)c2)cc1. The molecule has 0 aliphatic rings. The highest BCUT2D eigenvalue weighted by atomic mass is 16.5. The summed E-state index contributed by atoms with van der Waals surface area (Å²) in [5.74, 6) is 0.815. The van der Waals surface area contributed by atoms with Crippen LogP contribution in [0.1, 0.15) is 113 Å². The van der Waals surface area contributed by atoms with Gasteiger partial charge in [0.05, 0.1) is 26.0 Å². The highest BCUT2D eigenvalue weighted by Gasteiger charge is 2.13. The van der Waals surface area contributed by atoms with E-state index in [2.05, 4.69) is 17.5 Å². The molecule has 0 radical (unpaired) electrons. The largest absolute Gasteiger partial charge is 0.493 e. The van der Waals surface area contributed by atoms with Crippen LogP contribution < -0.4 is 19.6 Å². The van der Waals surface area contributed by atoms with E-state index < -0.39 is 5.97 Å². The Balaban J connectivity index is 1.57. The summed E-state index contributed by atoms with van der Waals surface area (Å²) < 4.78 is 15.9. The summed E-state index contributed by atoms with van der Waals surface area (Å²) in [5, 5.41) is 4.04. The van der Waals surface area contributed by atoms with E-state index >= 15 is 0 Å². The van der Waals surface area contributed by atoms with Crippen LogP contribution in [0.15, 0.2) is 47.6 Å². The first-order valence-electron chi connectivity index (χ1n) is 14.4. The molecular weight excluding hydrogens is 492 g/mol. The van der Waals surface area contributed by atoms with Crippen molar-refractivity contribution in [3.8, 4) is 17.2 Å². The van der Waals surface area contributed by atoms with Gasteiger partial charge in [0.2, 0.25) is 5.91 Å². The number of methoxy groups -OCH3 is 2. The second kappa shape index (κ2) is 19.7. The Hall–Kier alpha value is -3.35. The van der Waals surface area contributed by atoms with Gasteiger partial charge in [-0.25, -0.2) is 10.2 Å². The zero-order valence-corrected chi connectivity index (χ0v) is 24.0. The number of unbranched alkanes of at least 4 members (excludes halogenated alkanes) is 12. The van der Waals surface area contributed by atoms with Crippen molar-refractivity contribution in [1.82, 2.24) is 5.43 Å². The molecule has 2 rings (SSSR count). The second-order valence-corrected chi connectivity index (χ2v) is 9.81. The van der Waals surface area contributed by atoms with Gasteiger partial charge in [-0.2, -0.15) is 5.10 Å². The molecule has 0 spiro atoms. The van der Waals surface area contributed by atoms with Crippen molar-refractivity contribution in [2.45, 2.75) is 96.8 Å². The minimum Gasteiger partial charge on any atom is -0.493 e. The van der Waals surface area contributed by atoms with Crippen LogP contribution in [-0.4, -0.2) is 32.3 Å². The second-order valence-electron chi connectivity index (χ2n) is 9.81. The summed E-state index contributed by atoms with van der Waals surface area (Å²) in [6.45, 7) is 2.26. The van der Waals surface area contributed by atoms with Crippen molar-refractivity contribution < 1.29 is 23.8 Å². The number of amides is 1. The fourth-order valence-electron chi connectivity index (χ4n) is 4.29. The third-order valence-corrected chi connectivity index (χ3v) is 6.62. The molecule has 7 nitrogen and oxygen atoms in total. The van der Waals surface area contributed by atoms with Gasteiger partial charge >= 0.3 is 5.97 Å². The van der Waals surface area contributed by atoms with Gasteiger partial charge in [-0.3, -0.25) is 4.79 Å². The lowest BCUT2D eigenvalue weighted by Gasteiger charge is -2.09. The smallest absolute Gasteiger partial charge is 0.343 e. The van der Waals surface area contributed by atoms with Gasteiger partial charge in [-0.1, -0.05) is 84.0 Å². The maximum atomic E-state index is 12.5. The highest BCUT2D eigenvalue weighted by molar-refractivity contribution is 5.92. The third-order valence-electron chi connectivity index (χ3n) is 6.62. The molecule has 0 fully saturated rings. The number of hydrazone groups is 1. The van der Waals surface area contributed by atoms with Crippen molar-refractivity contribution in [2.75, 3.05) is 14.2 Å². The third kappa shape index (κ3) is 13.3. The lowest BCUT2D eigenvalue weighted by molar-refractivity contribution is -0.121. The number of ether oxygens (including phenoxy) is 3. The lowest BCUT2D eigenvalue weighted by Crippen LogP contribution is -2.16. The number of carbonyl (C=O) groups excluding carboxylic acids is 2. The van der Waals surface area contributed by atoms with E-state index in [4.69, 9.17) is 14.2 Å². The quantitative estimate of drug-likeness (QED) is 0.0610. The minimum absolute atomic E-state index is 0.0743. The number of hydrogen-bond acceptors (Lipinski definition) is 6. The average molecular weight is 539 g/mol. The summed E-state index contributed by atoms with van der Waals surface area (Å²) in [6.07, 6.45) is 18.7. The number of nitrogens with one attached hydrogen (secondary N) is 1. The van der Waals surface area contributed by atoms with Crippen molar-refractivity contribution >= 4 is 18.1 Å². The van der Waals surface area contributed by atoms with Gasteiger partial charge in [0.15, 0.2) is 11.5 Å². The maximum Gasteiger partial charge on any atom is 0.343 e. The molecule has 1 amide bonds. The highest BCUT2D eigenvalue weighted by Crippen LogP contribution is 2.28. The van der Waals surface area contributed by atoms with Gasteiger partial charge in [0, 0.05) is 6.42 Å². The normalized spacial score (nSPS) is 10.9. The molecule has 2 aromatic carbocycles. The molecule has 0 aliphatic carbocycles. The van der Waals surface area contributed by atoms with Crippen LogP contribution >= 0.6 is 0 Å². The summed E-state index contributed by atoms with van der Waals surface area (Å²) in [4.78, 5) is 24.5. The predicted octanol–water partition coefficient (Wildman–Crippen LogP) is 7.85. The maximum absolute atomic E-state index is 12.5. The van der Waals surface area contributed by atoms with E-state index in [0.717, 1.165) is 18.4 Å². The Morgan fingerprint density at radius 3 is 1.87 bits per heavy atom. The van der Waals surface area contributed by atoms with Gasteiger partial charge in [-0.15, -0.1) is 0 Å². The van der Waals surface area contributed by atoms with Crippen molar-refractivity contribution in [2.24, 2.45) is 5.10 Å². The van der Waals surface area contributed by atoms with Gasteiger partial charge in [0.1, 0.15) is 5.75 Å². The topological polar surface area (TPSA) is 86.2 Å². The van der Waals surface area contributed by atoms with Crippen LogP contribution in [0.25, 0.3) is 0 Å². The molecule has 1 N–H and O–H groups in total. The molecule has 0 bridgehead atoms. The van der Waals surface area contributed by atoms with E-state index in [0.29, 0.717) is 29.2 Å².